The molecule has 2 rings (SSSR count). The number of rotatable bonds is 8. The molecule has 9 heteroatoms. The molecular formula is C19H25N3O6. The number of amides is 4. The third-order valence-corrected chi connectivity index (χ3v) is 4.64. The molecule has 0 spiro atoms. The summed E-state index contributed by atoms with van der Waals surface area (Å²) in [4.78, 5) is 49.2. The van der Waals surface area contributed by atoms with E-state index in [1.54, 1.807) is 45.2 Å². The molecule has 2 atom stereocenters. The molecule has 28 heavy (non-hydrogen) atoms. The van der Waals surface area contributed by atoms with Gasteiger partial charge in [-0.1, -0.05) is 19.1 Å². The maximum Gasteiger partial charge on any atom is 0.327 e. The smallest absolute Gasteiger partial charge is 0.327 e. The van der Waals surface area contributed by atoms with E-state index in [9.17, 15) is 19.2 Å². The van der Waals surface area contributed by atoms with Gasteiger partial charge in [0.2, 0.25) is 0 Å². The van der Waals surface area contributed by atoms with Crippen LogP contribution in [0.15, 0.2) is 24.3 Å². The highest BCUT2D eigenvalue weighted by Crippen LogP contribution is 2.20. The Kier molecular flexibility index (Phi) is 6.61. The van der Waals surface area contributed by atoms with Crippen molar-refractivity contribution in [1.29, 1.82) is 0 Å². The number of hydrogen-bond donors (Lipinski definition) is 2. The molecule has 152 valence electrons. The average Bonchev–Trinajstić information content (AvgIpc) is 2.90. The maximum atomic E-state index is 12.3. The number of nitrogens with zero attached hydrogens (tertiary/aromatic N) is 1. The first-order valence-electron chi connectivity index (χ1n) is 8.94. The minimum Gasteiger partial charge on any atom is -0.497 e. The van der Waals surface area contributed by atoms with Gasteiger partial charge in [-0.05, 0) is 38.0 Å². The molecule has 1 aromatic carbocycles. The van der Waals surface area contributed by atoms with Crippen molar-refractivity contribution in [1.82, 2.24) is 15.5 Å². The zero-order valence-electron chi connectivity index (χ0n) is 16.4. The van der Waals surface area contributed by atoms with Crippen LogP contribution in [-0.2, 0) is 25.7 Å². The second kappa shape index (κ2) is 8.73. The van der Waals surface area contributed by atoms with Gasteiger partial charge in [0.25, 0.3) is 11.8 Å². The van der Waals surface area contributed by atoms with E-state index < -0.39 is 42.0 Å². The fourth-order valence-electron chi connectivity index (χ4n) is 2.62. The largest absolute Gasteiger partial charge is 0.497 e. The minimum absolute atomic E-state index is 0.257. The molecule has 0 unspecified atom stereocenters. The van der Waals surface area contributed by atoms with Gasteiger partial charge in [-0.2, -0.15) is 0 Å². The third kappa shape index (κ3) is 4.79. The molecule has 4 amide bonds. The van der Waals surface area contributed by atoms with E-state index in [1.807, 2.05) is 0 Å². The van der Waals surface area contributed by atoms with E-state index in [0.29, 0.717) is 12.2 Å². The van der Waals surface area contributed by atoms with Crippen LogP contribution in [-0.4, -0.2) is 54.0 Å². The van der Waals surface area contributed by atoms with Crippen molar-refractivity contribution in [3.05, 3.63) is 29.8 Å². The van der Waals surface area contributed by atoms with E-state index in [2.05, 4.69) is 10.6 Å². The fourth-order valence-corrected chi connectivity index (χ4v) is 2.62. The molecule has 0 aromatic heterocycles. The van der Waals surface area contributed by atoms with E-state index in [1.165, 1.54) is 6.92 Å². The number of carbonyl (C=O) groups excluding carboxylic acids is 4. The van der Waals surface area contributed by atoms with Crippen LogP contribution in [0.4, 0.5) is 4.79 Å². The van der Waals surface area contributed by atoms with Gasteiger partial charge in [0.15, 0.2) is 6.10 Å². The van der Waals surface area contributed by atoms with Crippen molar-refractivity contribution in [2.45, 2.75) is 45.4 Å². The number of esters is 1. The normalized spacial score (nSPS) is 19.8. The van der Waals surface area contributed by atoms with Gasteiger partial charge in [0.1, 0.15) is 17.8 Å². The van der Waals surface area contributed by atoms with E-state index in [4.69, 9.17) is 9.47 Å². The van der Waals surface area contributed by atoms with E-state index in [0.717, 1.165) is 10.5 Å². The summed E-state index contributed by atoms with van der Waals surface area (Å²) in [6.45, 7) is 4.48. The predicted octanol–water partition coefficient (Wildman–Crippen LogP) is 0.964. The molecule has 1 aliphatic heterocycles. The second-order valence-corrected chi connectivity index (χ2v) is 6.71. The topological polar surface area (TPSA) is 114 Å². The summed E-state index contributed by atoms with van der Waals surface area (Å²) in [7, 11) is 1.56. The Morgan fingerprint density at radius 2 is 1.89 bits per heavy atom. The number of imide groups is 1. The quantitative estimate of drug-likeness (QED) is 0.504. The van der Waals surface area contributed by atoms with Gasteiger partial charge in [0, 0.05) is 6.54 Å². The lowest BCUT2D eigenvalue weighted by atomic mass is 9.99. The molecule has 0 bridgehead atoms. The van der Waals surface area contributed by atoms with Crippen LogP contribution < -0.4 is 15.4 Å². The second-order valence-electron chi connectivity index (χ2n) is 6.71. The van der Waals surface area contributed by atoms with Crippen LogP contribution in [0.25, 0.3) is 0 Å². The van der Waals surface area contributed by atoms with Crippen LogP contribution in [0, 0.1) is 0 Å². The van der Waals surface area contributed by atoms with Crippen molar-refractivity contribution in [2.75, 3.05) is 13.7 Å². The first-order chi connectivity index (χ1) is 13.2. The highest BCUT2D eigenvalue weighted by atomic mass is 16.5. The average molecular weight is 391 g/mol. The molecule has 9 nitrogen and oxygen atoms in total. The van der Waals surface area contributed by atoms with Crippen LogP contribution in [0.3, 0.4) is 0 Å². The highest BCUT2D eigenvalue weighted by molar-refractivity contribution is 6.08. The SMILES string of the molecule is CC[C@@]1(C)NC(=O)N(CC(=O)O[C@H](C)C(=O)NCc2ccc(OC)cc2)C1=O. The Labute approximate surface area is 163 Å². The van der Waals surface area contributed by atoms with E-state index >= 15 is 0 Å². The lowest BCUT2D eigenvalue weighted by Crippen LogP contribution is -2.44. The lowest BCUT2D eigenvalue weighted by Gasteiger charge is -2.19. The summed E-state index contributed by atoms with van der Waals surface area (Å²) in [5.74, 6) is -1.11. The first kappa shape index (κ1) is 21.2. The molecule has 2 N–H and O–H groups in total. The van der Waals surface area contributed by atoms with Crippen LogP contribution >= 0.6 is 0 Å². The molecule has 1 aromatic rings. The first-order valence-corrected chi connectivity index (χ1v) is 8.94. The molecule has 1 saturated heterocycles. The third-order valence-electron chi connectivity index (χ3n) is 4.64. The summed E-state index contributed by atoms with van der Waals surface area (Å²) in [6, 6.07) is 6.50. The Balaban J connectivity index is 1.83. The number of nitrogens with one attached hydrogen (secondary N) is 2. The van der Waals surface area contributed by atoms with Crippen LogP contribution in [0.5, 0.6) is 5.75 Å². The number of hydrogen-bond acceptors (Lipinski definition) is 6. The molecular weight excluding hydrogens is 366 g/mol. The Morgan fingerprint density at radius 1 is 1.25 bits per heavy atom. The summed E-state index contributed by atoms with van der Waals surface area (Å²) in [6.07, 6.45) is -0.670. The van der Waals surface area contributed by atoms with Crippen molar-refractivity contribution >= 4 is 23.8 Å². The number of urea groups is 1. The minimum atomic E-state index is -1.07. The molecule has 0 aliphatic carbocycles. The summed E-state index contributed by atoms with van der Waals surface area (Å²) >= 11 is 0. The standard InChI is InChI=1S/C19H25N3O6/c1-5-19(3)17(25)22(18(26)21-19)11-15(23)28-12(2)16(24)20-10-13-6-8-14(27-4)9-7-13/h6-9,12H,5,10-11H2,1-4H3,(H,20,24)(H,21,26)/t12-,19-/m1/s1. The molecule has 0 radical (unpaired) electrons. The van der Waals surface area contributed by atoms with Crippen molar-refractivity contribution in [3.8, 4) is 5.75 Å². The Hall–Kier alpha value is -3.10. The summed E-state index contributed by atoms with van der Waals surface area (Å²) < 4.78 is 10.1. The number of benzene rings is 1. The van der Waals surface area contributed by atoms with Gasteiger partial charge in [-0.15, -0.1) is 0 Å². The van der Waals surface area contributed by atoms with Crippen LogP contribution in [0.2, 0.25) is 0 Å². The number of methoxy groups -OCH3 is 1. The van der Waals surface area contributed by atoms with Crippen LogP contribution in [0.1, 0.15) is 32.8 Å². The lowest BCUT2D eigenvalue weighted by molar-refractivity contribution is -0.156. The summed E-state index contributed by atoms with van der Waals surface area (Å²) in [5, 5.41) is 5.21. The summed E-state index contributed by atoms with van der Waals surface area (Å²) in [5.41, 5.74) is -0.176. The monoisotopic (exact) mass is 391 g/mol. The van der Waals surface area contributed by atoms with Crippen molar-refractivity contribution in [3.63, 3.8) is 0 Å². The zero-order valence-corrected chi connectivity index (χ0v) is 16.4. The molecule has 0 saturated carbocycles. The molecule has 1 aliphatic rings. The van der Waals surface area contributed by atoms with Crippen molar-refractivity contribution < 1.29 is 28.7 Å². The number of ether oxygens (including phenoxy) is 2. The molecule has 1 fully saturated rings. The fraction of sp³-hybridized carbons (Fsp3) is 0.474. The van der Waals surface area contributed by atoms with Gasteiger partial charge >= 0.3 is 12.0 Å². The van der Waals surface area contributed by atoms with Crippen molar-refractivity contribution in [2.24, 2.45) is 0 Å². The molecule has 1 heterocycles. The van der Waals surface area contributed by atoms with Gasteiger partial charge < -0.3 is 20.1 Å². The Morgan fingerprint density at radius 3 is 2.43 bits per heavy atom. The zero-order chi connectivity index (χ0) is 20.9. The maximum absolute atomic E-state index is 12.3. The van der Waals surface area contributed by atoms with Gasteiger partial charge in [-0.25, -0.2) is 4.79 Å². The van der Waals surface area contributed by atoms with Gasteiger partial charge in [0.05, 0.1) is 7.11 Å². The van der Waals surface area contributed by atoms with E-state index in [-0.39, 0.29) is 6.54 Å². The van der Waals surface area contributed by atoms with Gasteiger partial charge in [-0.3, -0.25) is 19.3 Å². The highest BCUT2D eigenvalue weighted by Gasteiger charge is 2.47. The Bertz CT molecular complexity index is 763. The predicted molar refractivity (Wildman–Crippen MR) is 99.3 cm³/mol. The number of carbonyl (C=O) groups is 4.